The minimum atomic E-state index is -0.299. The number of halogens is 1. The third kappa shape index (κ3) is 2.33. The SMILES string of the molecule is NCc1cc(F)ccc1Cn1ccn(C2CC2)c1=O. The van der Waals surface area contributed by atoms with Gasteiger partial charge in [-0.05, 0) is 36.1 Å². The van der Waals surface area contributed by atoms with Gasteiger partial charge >= 0.3 is 5.69 Å². The standard InChI is InChI=1S/C14H16FN3O/c15-12-2-1-10(11(7-12)8-16)9-17-5-6-18(14(17)19)13-3-4-13/h1-2,5-7,13H,3-4,8-9,16H2. The van der Waals surface area contributed by atoms with Gasteiger partial charge in [0.2, 0.25) is 0 Å². The monoisotopic (exact) mass is 261 g/mol. The summed E-state index contributed by atoms with van der Waals surface area (Å²) in [6.45, 7) is 0.705. The van der Waals surface area contributed by atoms with E-state index in [1.165, 1.54) is 12.1 Å². The van der Waals surface area contributed by atoms with Gasteiger partial charge in [-0.2, -0.15) is 0 Å². The van der Waals surface area contributed by atoms with E-state index in [4.69, 9.17) is 5.73 Å². The van der Waals surface area contributed by atoms with Crippen LogP contribution in [0.25, 0.3) is 0 Å². The lowest BCUT2D eigenvalue weighted by molar-refractivity contribution is 0.620. The van der Waals surface area contributed by atoms with Crippen molar-refractivity contribution < 1.29 is 4.39 Å². The van der Waals surface area contributed by atoms with Crippen molar-refractivity contribution in [2.75, 3.05) is 0 Å². The predicted molar refractivity (Wildman–Crippen MR) is 70.4 cm³/mol. The van der Waals surface area contributed by atoms with Gasteiger partial charge in [-0.25, -0.2) is 9.18 Å². The first-order valence-electron chi connectivity index (χ1n) is 6.43. The highest BCUT2D eigenvalue weighted by Gasteiger charge is 2.25. The second kappa shape index (κ2) is 4.66. The summed E-state index contributed by atoms with van der Waals surface area (Å²) >= 11 is 0. The Kier molecular flexibility index (Phi) is 2.98. The number of nitrogens with zero attached hydrogens (tertiary/aromatic N) is 2. The molecule has 100 valence electrons. The third-order valence-corrected chi connectivity index (χ3v) is 3.54. The molecule has 3 rings (SSSR count). The molecule has 1 aromatic carbocycles. The van der Waals surface area contributed by atoms with E-state index >= 15 is 0 Å². The van der Waals surface area contributed by atoms with Crippen molar-refractivity contribution >= 4 is 0 Å². The van der Waals surface area contributed by atoms with E-state index in [1.807, 2.05) is 6.20 Å². The van der Waals surface area contributed by atoms with Gasteiger partial charge in [-0.1, -0.05) is 6.07 Å². The van der Waals surface area contributed by atoms with E-state index in [0.717, 1.165) is 24.0 Å². The fourth-order valence-electron chi connectivity index (χ4n) is 2.30. The van der Waals surface area contributed by atoms with Crippen LogP contribution >= 0.6 is 0 Å². The molecule has 0 atom stereocenters. The highest BCUT2D eigenvalue weighted by molar-refractivity contribution is 5.28. The lowest BCUT2D eigenvalue weighted by Crippen LogP contribution is -2.24. The molecular formula is C14H16FN3O. The van der Waals surface area contributed by atoms with Gasteiger partial charge in [0, 0.05) is 25.0 Å². The minimum absolute atomic E-state index is 0.00482. The molecule has 19 heavy (non-hydrogen) atoms. The van der Waals surface area contributed by atoms with Crippen LogP contribution in [0.2, 0.25) is 0 Å². The molecule has 0 amide bonds. The second-order valence-electron chi connectivity index (χ2n) is 4.96. The van der Waals surface area contributed by atoms with Gasteiger partial charge in [0.15, 0.2) is 0 Å². The Morgan fingerprint density at radius 1 is 1.26 bits per heavy atom. The van der Waals surface area contributed by atoms with Crippen LogP contribution < -0.4 is 11.4 Å². The number of aromatic nitrogens is 2. The van der Waals surface area contributed by atoms with Gasteiger partial charge in [0.1, 0.15) is 5.82 Å². The first-order valence-corrected chi connectivity index (χ1v) is 6.43. The lowest BCUT2D eigenvalue weighted by atomic mass is 10.1. The number of benzene rings is 1. The van der Waals surface area contributed by atoms with Crippen LogP contribution in [-0.4, -0.2) is 9.13 Å². The Morgan fingerprint density at radius 3 is 2.74 bits per heavy atom. The Bertz CT molecular complexity index is 655. The molecular weight excluding hydrogens is 245 g/mol. The fraction of sp³-hybridized carbons (Fsp3) is 0.357. The molecule has 4 nitrogen and oxygen atoms in total. The molecule has 1 fully saturated rings. The summed E-state index contributed by atoms with van der Waals surface area (Å²) in [5, 5.41) is 0. The highest BCUT2D eigenvalue weighted by Crippen LogP contribution is 2.33. The van der Waals surface area contributed by atoms with Crippen LogP contribution in [0.3, 0.4) is 0 Å². The Morgan fingerprint density at radius 2 is 2.05 bits per heavy atom. The molecule has 0 saturated heterocycles. The zero-order valence-electron chi connectivity index (χ0n) is 10.6. The zero-order valence-corrected chi connectivity index (χ0v) is 10.6. The van der Waals surface area contributed by atoms with Crippen molar-refractivity contribution in [3.05, 3.63) is 58.0 Å². The molecule has 0 bridgehead atoms. The van der Waals surface area contributed by atoms with E-state index in [9.17, 15) is 9.18 Å². The summed E-state index contributed by atoms with van der Waals surface area (Å²) in [6, 6.07) is 4.89. The van der Waals surface area contributed by atoms with Crippen molar-refractivity contribution in [3.8, 4) is 0 Å². The lowest BCUT2D eigenvalue weighted by Gasteiger charge is -2.08. The van der Waals surface area contributed by atoms with Crippen LogP contribution in [0.5, 0.6) is 0 Å². The number of hydrogen-bond acceptors (Lipinski definition) is 2. The first-order chi connectivity index (χ1) is 9.19. The molecule has 0 aliphatic heterocycles. The number of nitrogens with two attached hydrogens (primary N) is 1. The zero-order chi connectivity index (χ0) is 13.4. The topological polar surface area (TPSA) is 52.9 Å². The smallest absolute Gasteiger partial charge is 0.326 e. The molecule has 5 heteroatoms. The van der Waals surface area contributed by atoms with Crippen LogP contribution in [0.15, 0.2) is 35.4 Å². The fourth-order valence-corrected chi connectivity index (χ4v) is 2.30. The van der Waals surface area contributed by atoms with E-state index in [1.54, 1.807) is 21.4 Å². The first kappa shape index (κ1) is 12.2. The molecule has 0 spiro atoms. The Hall–Kier alpha value is -1.88. The van der Waals surface area contributed by atoms with E-state index in [-0.39, 0.29) is 18.1 Å². The molecule has 0 unspecified atom stereocenters. The maximum absolute atomic E-state index is 13.1. The number of imidazole rings is 1. The van der Waals surface area contributed by atoms with E-state index in [0.29, 0.717) is 12.6 Å². The summed E-state index contributed by atoms with van der Waals surface area (Å²) in [7, 11) is 0. The maximum Gasteiger partial charge on any atom is 0.328 e. The average Bonchev–Trinajstić information content (AvgIpc) is 3.18. The summed E-state index contributed by atoms with van der Waals surface area (Å²) < 4.78 is 16.6. The molecule has 2 N–H and O–H groups in total. The summed E-state index contributed by atoms with van der Waals surface area (Å²) in [6.07, 6.45) is 5.76. The van der Waals surface area contributed by atoms with Crippen LogP contribution in [0, 0.1) is 5.82 Å². The Labute approximate surface area is 110 Å². The molecule has 1 saturated carbocycles. The van der Waals surface area contributed by atoms with Gasteiger partial charge < -0.3 is 5.73 Å². The molecule has 2 aromatic rings. The minimum Gasteiger partial charge on any atom is -0.326 e. The van der Waals surface area contributed by atoms with Crippen molar-refractivity contribution in [1.29, 1.82) is 0 Å². The van der Waals surface area contributed by atoms with Gasteiger partial charge in [-0.15, -0.1) is 0 Å². The summed E-state index contributed by atoms with van der Waals surface area (Å²) in [5.74, 6) is -0.299. The van der Waals surface area contributed by atoms with Crippen LogP contribution in [-0.2, 0) is 13.1 Å². The Balaban J connectivity index is 1.91. The van der Waals surface area contributed by atoms with Crippen molar-refractivity contribution in [3.63, 3.8) is 0 Å². The van der Waals surface area contributed by atoms with Crippen LogP contribution in [0.1, 0.15) is 30.0 Å². The van der Waals surface area contributed by atoms with Crippen LogP contribution in [0.4, 0.5) is 4.39 Å². The second-order valence-corrected chi connectivity index (χ2v) is 4.96. The van der Waals surface area contributed by atoms with Crippen molar-refractivity contribution in [2.45, 2.75) is 32.0 Å². The quantitative estimate of drug-likeness (QED) is 0.909. The van der Waals surface area contributed by atoms with E-state index < -0.39 is 0 Å². The molecule has 1 aliphatic rings. The van der Waals surface area contributed by atoms with Gasteiger partial charge in [-0.3, -0.25) is 9.13 Å². The molecule has 1 aliphatic carbocycles. The molecule has 1 heterocycles. The predicted octanol–water partition coefficient (Wildman–Crippen LogP) is 1.63. The van der Waals surface area contributed by atoms with Gasteiger partial charge in [0.05, 0.1) is 6.54 Å². The number of rotatable bonds is 4. The third-order valence-electron chi connectivity index (χ3n) is 3.54. The maximum atomic E-state index is 13.1. The number of hydrogen-bond donors (Lipinski definition) is 1. The summed E-state index contributed by atoms with van der Waals surface area (Å²) in [4.78, 5) is 12.1. The largest absolute Gasteiger partial charge is 0.328 e. The summed E-state index contributed by atoms with van der Waals surface area (Å²) in [5.41, 5.74) is 7.24. The van der Waals surface area contributed by atoms with E-state index in [2.05, 4.69) is 0 Å². The highest BCUT2D eigenvalue weighted by atomic mass is 19.1. The van der Waals surface area contributed by atoms with Gasteiger partial charge in [0.25, 0.3) is 0 Å². The normalized spacial score (nSPS) is 14.8. The molecule has 0 radical (unpaired) electrons. The van der Waals surface area contributed by atoms with Crippen molar-refractivity contribution in [2.24, 2.45) is 5.73 Å². The average molecular weight is 261 g/mol. The van der Waals surface area contributed by atoms with Crippen molar-refractivity contribution in [1.82, 2.24) is 9.13 Å². The molecule has 1 aromatic heterocycles.